The van der Waals surface area contributed by atoms with Gasteiger partial charge >= 0.3 is 0 Å². The molecule has 1 aromatic rings. The van der Waals surface area contributed by atoms with E-state index in [0.29, 0.717) is 16.4 Å². The molecule has 0 aliphatic carbocycles. The highest BCUT2D eigenvalue weighted by Crippen LogP contribution is 2.57. The number of rotatable bonds is 4. The normalized spacial score (nSPS) is 38.6. The molecule has 0 unspecified atom stereocenters. The number of ether oxygens (including phenoxy) is 2. The predicted octanol–water partition coefficient (Wildman–Crippen LogP) is 3.96. The minimum absolute atomic E-state index is 0.0291. The second-order valence-corrected chi connectivity index (χ2v) is 8.51. The van der Waals surface area contributed by atoms with Gasteiger partial charge in [0, 0.05) is 15.9 Å². The van der Waals surface area contributed by atoms with E-state index in [-0.39, 0.29) is 17.3 Å². The molecule has 4 atom stereocenters. The lowest BCUT2D eigenvalue weighted by Crippen LogP contribution is -2.44. The standard InChI is InChI=1S/C16H24INO3/c1-9(2)16-7-14(15(5,21-16)6-13(16)17)19-8-12-10(3)18-20-11(12)4/h9,13-14H,6-8H2,1-5H3/t13-,14+,15-,16+/m1/s1. The summed E-state index contributed by atoms with van der Waals surface area (Å²) in [5.41, 5.74) is 1.81. The fraction of sp³-hybridized carbons (Fsp3) is 0.812. The maximum absolute atomic E-state index is 6.49. The number of nitrogens with zero attached hydrogens (tertiary/aromatic N) is 1. The molecule has 0 radical (unpaired) electrons. The van der Waals surface area contributed by atoms with Gasteiger partial charge in [-0.3, -0.25) is 0 Å². The Morgan fingerprint density at radius 1 is 1.38 bits per heavy atom. The summed E-state index contributed by atoms with van der Waals surface area (Å²) in [7, 11) is 0. The Hall–Kier alpha value is -0.140. The van der Waals surface area contributed by atoms with Crippen LogP contribution in [0.15, 0.2) is 4.52 Å². The van der Waals surface area contributed by atoms with Crippen molar-refractivity contribution in [3.63, 3.8) is 0 Å². The summed E-state index contributed by atoms with van der Waals surface area (Å²) in [6, 6.07) is 0. The fourth-order valence-corrected chi connectivity index (χ4v) is 5.76. The third kappa shape index (κ3) is 2.36. The summed E-state index contributed by atoms with van der Waals surface area (Å²) in [4.78, 5) is 0. The van der Waals surface area contributed by atoms with E-state index in [0.717, 1.165) is 29.9 Å². The largest absolute Gasteiger partial charge is 0.370 e. The number of alkyl halides is 1. The maximum Gasteiger partial charge on any atom is 0.139 e. The average molecular weight is 405 g/mol. The van der Waals surface area contributed by atoms with Crippen LogP contribution < -0.4 is 0 Å². The molecule has 3 rings (SSSR count). The fourth-order valence-electron chi connectivity index (χ4n) is 3.78. The van der Waals surface area contributed by atoms with Crippen LogP contribution in [-0.4, -0.2) is 26.4 Å². The van der Waals surface area contributed by atoms with Gasteiger partial charge in [-0.2, -0.15) is 0 Å². The van der Waals surface area contributed by atoms with Crippen LogP contribution in [0.1, 0.15) is 50.6 Å². The van der Waals surface area contributed by atoms with Crippen LogP contribution in [0.5, 0.6) is 0 Å². The maximum atomic E-state index is 6.49. The highest BCUT2D eigenvalue weighted by Gasteiger charge is 2.65. The third-order valence-corrected chi connectivity index (χ3v) is 6.81. The first-order valence-electron chi connectivity index (χ1n) is 7.66. The van der Waals surface area contributed by atoms with Gasteiger partial charge in [0.1, 0.15) is 5.76 Å². The van der Waals surface area contributed by atoms with Crippen LogP contribution in [-0.2, 0) is 16.1 Å². The molecule has 0 N–H and O–H groups in total. The van der Waals surface area contributed by atoms with Crippen LogP contribution in [0.3, 0.4) is 0 Å². The van der Waals surface area contributed by atoms with Crippen LogP contribution in [0.25, 0.3) is 0 Å². The Morgan fingerprint density at radius 2 is 2.10 bits per heavy atom. The van der Waals surface area contributed by atoms with E-state index in [2.05, 4.69) is 48.5 Å². The van der Waals surface area contributed by atoms with E-state index in [9.17, 15) is 0 Å². The molecule has 2 bridgehead atoms. The molecule has 4 nitrogen and oxygen atoms in total. The van der Waals surface area contributed by atoms with E-state index in [4.69, 9.17) is 14.0 Å². The monoisotopic (exact) mass is 405 g/mol. The van der Waals surface area contributed by atoms with Gasteiger partial charge in [0.25, 0.3) is 0 Å². The topological polar surface area (TPSA) is 44.5 Å². The zero-order chi connectivity index (χ0) is 15.4. The van der Waals surface area contributed by atoms with Gasteiger partial charge in [-0.1, -0.05) is 41.6 Å². The van der Waals surface area contributed by atoms with Gasteiger partial charge in [0.2, 0.25) is 0 Å². The van der Waals surface area contributed by atoms with Crippen molar-refractivity contribution in [2.24, 2.45) is 5.92 Å². The number of fused-ring (bicyclic) bond motifs is 2. The minimum atomic E-state index is -0.158. The van der Waals surface area contributed by atoms with Gasteiger partial charge in [-0.25, -0.2) is 0 Å². The third-order valence-electron chi connectivity index (χ3n) is 5.31. The van der Waals surface area contributed by atoms with E-state index in [1.165, 1.54) is 0 Å². The Kier molecular flexibility index (Phi) is 3.90. The molecule has 0 aromatic carbocycles. The second-order valence-electron chi connectivity index (χ2n) is 7.00. The number of halogens is 1. The quantitative estimate of drug-likeness (QED) is 0.562. The summed E-state index contributed by atoms with van der Waals surface area (Å²) in [5.74, 6) is 1.36. The van der Waals surface area contributed by atoms with E-state index < -0.39 is 0 Å². The second kappa shape index (κ2) is 5.20. The smallest absolute Gasteiger partial charge is 0.139 e. The summed E-state index contributed by atoms with van der Waals surface area (Å²) in [5, 5.41) is 3.99. The van der Waals surface area contributed by atoms with Crippen LogP contribution in [0.2, 0.25) is 0 Å². The molecule has 5 heteroatoms. The first kappa shape index (κ1) is 15.7. The molecular formula is C16H24INO3. The molecule has 2 saturated heterocycles. The molecule has 3 heterocycles. The first-order valence-corrected chi connectivity index (χ1v) is 8.90. The van der Waals surface area contributed by atoms with E-state index in [1.54, 1.807) is 0 Å². The molecule has 2 aliphatic rings. The van der Waals surface area contributed by atoms with Crippen LogP contribution in [0.4, 0.5) is 0 Å². The van der Waals surface area contributed by atoms with Crippen LogP contribution in [0, 0.1) is 19.8 Å². The van der Waals surface area contributed by atoms with Crippen molar-refractivity contribution in [3.8, 4) is 0 Å². The number of aromatic nitrogens is 1. The highest BCUT2D eigenvalue weighted by molar-refractivity contribution is 14.1. The molecule has 21 heavy (non-hydrogen) atoms. The summed E-state index contributed by atoms with van der Waals surface area (Å²) in [6.07, 6.45) is 2.20. The van der Waals surface area contributed by atoms with Crippen molar-refractivity contribution in [2.75, 3.05) is 0 Å². The van der Waals surface area contributed by atoms with Gasteiger partial charge in [0.15, 0.2) is 0 Å². The van der Waals surface area contributed by atoms with Crippen molar-refractivity contribution in [3.05, 3.63) is 17.0 Å². The summed E-state index contributed by atoms with van der Waals surface area (Å²) >= 11 is 2.56. The number of aryl methyl sites for hydroxylation is 2. The molecule has 2 aliphatic heterocycles. The van der Waals surface area contributed by atoms with Gasteiger partial charge in [-0.05, 0) is 33.1 Å². The minimum Gasteiger partial charge on any atom is -0.370 e. The van der Waals surface area contributed by atoms with Crippen molar-refractivity contribution in [1.29, 1.82) is 0 Å². The van der Waals surface area contributed by atoms with Gasteiger partial charge in [0.05, 0.1) is 29.6 Å². The molecule has 118 valence electrons. The zero-order valence-electron chi connectivity index (χ0n) is 13.4. The first-order chi connectivity index (χ1) is 9.78. The lowest BCUT2D eigenvalue weighted by molar-refractivity contribution is -0.0955. The lowest BCUT2D eigenvalue weighted by atomic mass is 9.75. The molecule has 2 fully saturated rings. The van der Waals surface area contributed by atoms with Crippen LogP contribution >= 0.6 is 22.6 Å². The summed E-state index contributed by atoms with van der Waals surface area (Å²) in [6.45, 7) is 11.2. The average Bonchev–Trinajstić information content (AvgIpc) is 2.96. The van der Waals surface area contributed by atoms with Gasteiger partial charge in [-0.15, -0.1) is 0 Å². The Bertz CT molecular complexity index is 524. The molecular weight excluding hydrogens is 381 g/mol. The van der Waals surface area contributed by atoms with E-state index >= 15 is 0 Å². The molecule has 0 spiro atoms. The number of hydrogen-bond donors (Lipinski definition) is 0. The SMILES string of the molecule is Cc1noc(C)c1CO[C@H]1C[C@@]2(C(C)C)O[C@]1(C)C[C@H]2I. The van der Waals surface area contributed by atoms with Crippen molar-refractivity contribution in [1.82, 2.24) is 5.16 Å². The Balaban J connectivity index is 1.74. The number of hydrogen-bond acceptors (Lipinski definition) is 4. The molecule has 0 saturated carbocycles. The highest BCUT2D eigenvalue weighted by atomic mass is 127. The predicted molar refractivity (Wildman–Crippen MR) is 88.7 cm³/mol. The Labute approximate surface area is 140 Å². The van der Waals surface area contributed by atoms with Crippen molar-refractivity contribution >= 4 is 22.6 Å². The lowest BCUT2D eigenvalue weighted by Gasteiger charge is -2.35. The van der Waals surface area contributed by atoms with Crippen molar-refractivity contribution < 1.29 is 14.0 Å². The summed E-state index contributed by atoms with van der Waals surface area (Å²) < 4.78 is 18.5. The zero-order valence-corrected chi connectivity index (χ0v) is 15.6. The Morgan fingerprint density at radius 3 is 2.62 bits per heavy atom. The van der Waals surface area contributed by atoms with Crippen molar-refractivity contribution in [2.45, 2.75) is 75.3 Å². The van der Waals surface area contributed by atoms with Gasteiger partial charge < -0.3 is 14.0 Å². The molecule has 0 amide bonds. The van der Waals surface area contributed by atoms with E-state index in [1.807, 2.05) is 13.8 Å². The molecule has 1 aromatic heterocycles.